The van der Waals surface area contributed by atoms with Crippen LogP contribution >= 0.6 is 0 Å². The lowest BCUT2D eigenvalue weighted by Gasteiger charge is -2.14. The highest BCUT2D eigenvalue weighted by molar-refractivity contribution is 5.80. The van der Waals surface area contributed by atoms with E-state index in [1.54, 1.807) is 7.11 Å². The number of rotatable bonds is 6. The SMILES string of the molecule is COc1cc(CNC(=O)C2CC2)ccc1OC(C)C. The first-order valence-corrected chi connectivity index (χ1v) is 6.71. The lowest BCUT2D eigenvalue weighted by molar-refractivity contribution is -0.122. The minimum Gasteiger partial charge on any atom is -0.493 e. The Kier molecular flexibility index (Phi) is 4.30. The molecule has 0 aromatic heterocycles. The molecule has 1 N–H and O–H groups in total. The van der Waals surface area contributed by atoms with Gasteiger partial charge in [0.15, 0.2) is 11.5 Å². The van der Waals surface area contributed by atoms with Crippen LogP contribution in [0, 0.1) is 5.92 Å². The van der Waals surface area contributed by atoms with E-state index in [0.29, 0.717) is 12.3 Å². The van der Waals surface area contributed by atoms with E-state index in [1.807, 2.05) is 32.0 Å². The van der Waals surface area contributed by atoms with Gasteiger partial charge >= 0.3 is 0 Å². The van der Waals surface area contributed by atoms with Crippen molar-refractivity contribution >= 4 is 5.91 Å². The van der Waals surface area contributed by atoms with Crippen molar-refractivity contribution in [2.75, 3.05) is 7.11 Å². The Bertz CT molecular complexity index is 453. The van der Waals surface area contributed by atoms with Crippen LogP contribution in [0.4, 0.5) is 0 Å². The van der Waals surface area contributed by atoms with Gasteiger partial charge in [0.2, 0.25) is 5.91 Å². The molecule has 0 saturated heterocycles. The lowest BCUT2D eigenvalue weighted by atomic mass is 10.2. The predicted molar refractivity (Wildman–Crippen MR) is 73.3 cm³/mol. The van der Waals surface area contributed by atoms with Crippen LogP contribution in [0.25, 0.3) is 0 Å². The van der Waals surface area contributed by atoms with E-state index >= 15 is 0 Å². The van der Waals surface area contributed by atoms with E-state index < -0.39 is 0 Å². The van der Waals surface area contributed by atoms with E-state index in [9.17, 15) is 4.79 Å². The van der Waals surface area contributed by atoms with Gasteiger partial charge in [-0.2, -0.15) is 0 Å². The summed E-state index contributed by atoms with van der Waals surface area (Å²) < 4.78 is 11.0. The van der Waals surface area contributed by atoms with Gasteiger partial charge in [-0.25, -0.2) is 0 Å². The predicted octanol–water partition coefficient (Wildman–Crippen LogP) is 2.51. The molecule has 0 unspecified atom stereocenters. The van der Waals surface area contributed by atoms with E-state index in [4.69, 9.17) is 9.47 Å². The molecule has 0 heterocycles. The van der Waals surface area contributed by atoms with Crippen molar-refractivity contribution in [1.82, 2.24) is 5.32 Å². The smallest absolute Gasteiger partial charge is 0.223 e. The summed E-state index contributed by atoms with van der Waals surface area (Å²) in [6, 6.07) is 5.75. The Balaban J connectivity index is 1.99. The zero-order chi connectivity index (χ0) is 13.8. The van der Waals surface area contributed by atoms with Crippen LogP contribution in [0.15, 0.2) is 18.2 Å². The monoisotopic (exact) mass is 263 g/mol. The van der Waals surface area contributed by atoms with Crippen molar-refractivity contribution in [3.05, 3.63) is 23.8 Å². The molecular formula is C15H21NO3. The summed E-state index contributed by atoms with van der Waals surface area (Å²) in [6.45, 7) is 4.49. The number of amides is 1. The molecule has 4 nitrogen and oxygen atoms in total. The Labute approximate surface area is 114 Å². The average Bonchev–Trinajstić information content (AvgIpc) is 3.20. The Hall–Kier alpha value is -1.71. The van der Waals surface area contributed by atoms with Gasteiger partial charge in [-0.1, -0.05) is 6.07 Å². The van der Waals surface area contributed by atoms with Crippen LogP contribution in [0.3, 0.4) is 0 Å². The Morgan fingerprint density at radius 2 is 2.11 bits per heavy atom. The maximum atomic E-state index is 11.6. The number of methoxy groups -OCH3 is 1. The van der Waals surface area contributed by atoms with Gasteiger partial charge in [0.05, 0.1) is 13.2 Å². The molecule has 1 aliphatic rings. The average molecular weight is 263 g/mol. The van der Waals surface area contributed by atoms with Gasteiger partial charge in [0.1, 0.15) is 0 Å². The second-order valence-corrected chi connectivity index (χ2v) is 5.14. The van der Waals surface area contributed by atoms with Crippen molar-refractivity contribution in [2.24, 2.45) is 5.92 Å². The van der Waals surface area contributed by atoms with Gasteiger partial charge in [0.25, 0.3) is 0 Å². The van der Waals surface area contributed by atoms with Crippen molar-refractivity contribution < 1.29 is 14.3 Å². The molecule has 0 radical (unpaired) electrons. The van der Waals surface area contributed by atoms with E-state index in [0.717, 1.165) is 24.2 Å². The van der Waals surface area contributed by atoms with Crippen molar-refractivity contribution in [1.29, 1.82) is 0 Å². The molecule has 19 heavy (non-hydrogen) atoms. The molecule has 1 aromatic carbocycles. The molecule has 2 rings (SSSR count). The van der Waals surface area contributed by atoms with Crippen LogP contribution in [0.1, 0.15) is 32.3 Å². The van der Waals surface area contributed by atoms with E-state index in [2.05, 4.69) is 5.32 Å². The van der Waals surface area contributed by atoms with Crippen LogP contribution in [0.2, 0.25) is 0 Å². The first-order valence-electron chi connectivity index (χ1n) is 6.71. The lowest BCUT2D eigenvalue weighted by Crippen LogP contribution is -2.24. The summed E-state index contributed by atoms with van der Waals surface area (Å²) in [5.74, 6) is 1.83. The first-order chi connectivity index (χ1) is 9.10. The fraction of sp³-hybridized carbons (Fsp3) is 0.533. The minimum atomic E-state index is 0.106. The number of hydrogen-bond acceptors (Lipinski definition) is 3. The summed E-state index contributed by atoms with van der Waals surface area (Å²) in [7, 11) is 1.62. The topological polar surface area (TPSA) is 47.6 Å². The van der Waals surface area contributed by atoms with E-state index in [-0.39, 0.29) is 17.9 Å². The zero-order valence-corrected chi connectivity index (χ0v) is 11.7. The number of carbonyl (C=O) groups is 1. The minimum absolute atomic E-state index is 0.106. The van der Waals surface area contributed by atoms with Crippen LogP contribution < -0.4 is 14.8 Å². The number of benzene rings is 1. The molecule has 0 atom stereocenters. The number of ether oxygens (including phenoxy) is 2. The van der Waals surface area contributed by atoms with Gasteiger partial charge in [0, 0.05) is 12.5 Å². The second-order valence-electron chi connectivity index (χ2n) is 5.14. The molecule has 0 spiro atoms. The molecule has 1 fully saturated rings. The van der Waals surface area contributed by atoms with Gasteiger partial charge in [-0.15, -0.1) is 0 Å². The van der Waals surface area contributed by atoms with Crippen LogP contribution in [-0.2, 0) is 11.3 Å². The highest BCUT2D eigenvalue weighted by Crippen LogP contribution is 2.30. The largest absolute Gasteiger partial charge is 0.493 e. The summed E-state index contributed by atoms with van der Waals surface area (Å²) >= 11 is 0. The normalized spacial score (nSPS) is 14.3. The fourth-order valence-electron chi connectivity index (χ4n) is 1.85. The molecule has 1 saturated carbocycles. The summed E-state index contributed by atoms with van der Waals surface area (Å²) in [5, 5.41) is 2.94. The molecule has 1 amide bonds. The Morgan fingerprint density at radius 3 is 2.68 bits per heavy atom. The fourth-order valence-corrected chi connectivity index (χ4v) is 1.85. The standard InChI is InChI=1S/C15H21NO3/c1-10(2)19-13-7-4-11(8-14(13)18-3)9-16-15(17)12-5-6-12/h4,7-8,10,12H,5-6,9H2,1-3H3,(H,16,17). The summed E-state index contributed by atoms with van der Waals surface area (Å²) in [4.78, 5) is 11.6. The zero-order valence-electron chi connectivity index (χ0n) is 11.7. The summed E-state index contributed by atoms with van der Waals surface area (Å²) in [6.07, 6.45) is 2.15. The highest BCUT2D eigenvalue weighted by Gasteiger charge is 2.29. The molecule has 0 bridgehead atoms. The molecule has 1 aliphatic carbocycles. The summed E-state index contributed by atoms with van der Waals surface area (Å²) in [5.41, 5.74) is 1.02. The quantitative estimate of drug-likeness (QED) is 0.858. The number of carbonyl (C=O) groups excluding carboxylic acids is 1. The van der Waals surface area contributed by atoms with Crippen LogP contribution in [-0.4, -0.2) is 19.1 Å². The third-order valence-corrected chi connectivity index (χ3v) is 3.01. The molecule has 1 aromatic rings. The van der Waals surface area contributed by atoms with Crippen molar-refractivity contribution in [3.8, 4) is 11.5 Å². The second kappa shape index (κ2) is 5.95. The molecule has 4 heteroatoms. The van der Waals surface area contributed by atoms with Gasteiger partial charge in [-0.05, 0) is 44.4 Å². The third-order valence-electron chi connectivity index (χ3n) is 3.01. The molecule has 104 valence electrons. The van der Waals surface area contributed by atoms with Crippen molar-refractivity contribution in [3.63, 3.8) is 0 Å². The molecular weight excluding hydrogens is 242 g/mol. The van der Waals surface area contributed by atoms with Gasteiger partial charge in [-0.3, -0.25) is 4.79 Å². The third kappa shape index (κ3) is 3.88. The van der Waals surface area contributed by atoms with Gasteiger partial charge < -0.3 is 14.8 Å². The van der Waals surface area contributed by atoms with Crippen molar-refractivity contribution in [2.45, 2.75) is 39.3 Å². The highest BCUT2D eigenvalue weighted by atomic mass is 16.5. The Morgan fingerprint density at radius 1 is 1.37 bits per heavy atom. The maximum Gasteiger partial charge on any atom is 0.223 e. The maximum absolute atomic E-state index is 11.6. The number of nitrogens with one attached hydrogen (secondary N) is 1. The van der Waals surface area contributed by atoms with Crippen LogP contribution in [0.5, 0.6) is 11.5 Å². The molecule has 0 aliphatic heterocycles. The van der Waals surface area contributed by atoms with E-state index in [1.165, 1.54) is 0 Å². The first kappa shape index (κ1) is 13.7. The number of hydrogen-bond donors (Lipinski definition) is 1.